The second-order valence-corrected chi connectivity index (χ2v) is 3.50. The first kappa shape index (κ1) is 11.4. The molecule has 1 unspecified atom stereocenters. The Bertz CT molecular complexity index is 181. The molecule has 1 saturated heterocycles. The van der Waals surface area contributed by atoms with Gasteiger partial charge in [-0.15, -0.1) is 0 Å². The van der Waals surface area contributed by atoms with E-state index in [1.165, 1.54) is 7.11 Å². The molecule has 0 aromatic heterocycles. The third kappa shape index (κ3) is 3.61. The number of ether oxygens (including phenoxy) is 1. The van der Waals surface area contributed by atoms with Crippen LogP contribution in [0, 0.1) is 0 Å². The number of nitrogens with one attached hydrogen (secondary N) is 2. The van der Waals surface area contributed by atoms with Crippen LogP contribution in [0.4, 0.5) is 0 Å². The first-order chi connectivity index (χ1) is 6.74. The number of hydrogen-bond donors (Lipinski definition) is 3. The lowest BCUT2D eigenvalue weighted by atomic mass is 10.2. The molecule has 5 heteroatoms. The van der Waals surface area contributed by atoms with Gasteiger partial charge in [0.25, 0.3) is 0 Å². The lowest BCUT2D eigenvalue weighted by Gasteiger charge is -2.13. The molecule has 1 aliphatic heterocycles. The topological polar surface area (TPSA) is 70.6 Å². The average Bonchev–Trinajstić information content (AvgIpc) is 2.67. The highest BCUT2D eigenvalue weighted by molar-refractivity contribution is 5.81. The second-order valence-electron chi connectivity index (χ2n) is 3.50. The van der Waals surface area contributed by atoms with Crippen molar-refractivity contribution in [3.05, 3.63) is 0 Å². The summed E-state index contributed by atoms with van der Waals surface area (Å²) in [7, 11) is 1.52. The van der Waals surface area contributed by atoms with E-state index in [1.807, 2.05) is 0 Å². The molecule has 1 fully saturated rings. The van der Waals surface area contributed by atoms with Gasteiger partial charge in [0.05, 0.1) is 18.8 Å². The molecule has 14 heavy (non-hydrogen) atoms. The Hall–Kier alpha value is -0.650. The van der Waals surface area contributed by atoms with E-state index in [9.17, 15) is 9.90 Å². The third-order valence-corrected chi connectivity index (χ3v) is 2.25. The van der Waals surface area contributed by atoms with Gasteiger partial charge in [0.2, 0.25) is 5.91 Å². The van der Waals surface area contributed by atoms with E-state index in [2.05, 4.69) is 10.6 Å². The first-order valence-electron chi connectivity index (χ1n) is 4.92. The summed E-state index contributed by atoms with van der Waals surface area (Å²) in [5.41, 5.74) is 0. The molecule has 1 heterocycles. The largest absolute Gasteiger partial charge is 0.389 e. The summed E-state index contributed by atoms with van der Waals surface area (Å²) in [6.07, 6.45) is 1.30. The van der Waals surface area contributed by atoms with Gasteiger partial charge in [-0.1, -0.05) is 0 Å². The minimum Gasteiger partial charge on any atom is -0.389 e. The summed E-state index contributed by atoms with van der Waals surface area (Å²) in [6.45, 7) is 1.40. The molecule has 0 radical (unpaired) electrons. The number of aliphatic hydroxyl groups excluding tert-OH is 1. The number of carbonyl (C=O) groups excluding carboxylic acids is 1. The minimum absolute atomic E-state index is 0.0300. The standard InChI is InChI=1S/C9H18N2O3/c1-14-6-7(12)5-11-9(13)8-3-2-4-10-8/h7-8,10,12H,2-6H2,1H3,(H,11,13)/t7?,8-/m1/s1. The normalized spacial score (nSPS) is 23.4. The number of rotatable bonds is 5. The molecule has 0 aromatic carbocycles. The number of amides is 1. The highest BCUT2D eigenvalue weighted by atomic mass is 16.5. The monoisotopic (exact) mass is 202 g/mol. The Kier molecular flexibility index (Phi) is 4.86. The summed E-state index contributed by atoms with van der Waals surface area (Å²) in [4.78, 5) is 11.4. The predicted octanol–water partition coefficient (Wildman–Crippen LogP) is -1.14. The summed E-state index contributed by atoms with van der Waals surface area (Å²) in [5.74, 6) is -0.0300. The van der Waals surface area contributed by atoms with Crippen LogP contribution in [0.25, 0.3) is 0 Å². The Balaban J connectivity index is 2.13. The molecule has 1 aliphatic rings. The van der Waals surface area contributed by atoms with E-state index in [0.717, 1.165) is 19.4 Å². The summed E-state index contributed by atoms with van der Waals surface area (Å²) >= 11 is 0. The molecule has 1 rings (SSSR count). The summed E-state index contributed by atoms with van der Waals surface area (Å²) in [6, 6.07) is -0.0789. The third-order valence-electron chi connectivity index (χ3n) is 2.25. The smallest absolute Gasteiger partial charge is 0.237 e. The number of hydrogen-bond acceptors (Lipinski definition) is 4. The fourth-order valence-corrected chi connectivity index (χ4v) is 1.50. The lowest BCUT2D eigenvalue weighted by Crippen LogP contribution is -2.43. The van der Waals surface area contributed by atoms with Gasteiger partial charge >= 0.3 is 0 Å². The number of carbonyl (C=O) groups is 1. The zero-order valence-corrected chi connectivity index (χ0v) is 8.45. The molecule has 3 N–H and O–H groups in total. The van der Waals surface area contributed by atoms with Crippen LogP contribution in [0.3, 0.4) is 0 Å². The van der Waals surface area contributed by atoms with Crippen LogP contribution in [-0.2, 0) is 9.53 Å². The zero-order chi connectivity index (χ0) is 10.4. The Morgan fingerprint density at radius 3 is 3.14 bits per heavy atom. The number of aliphatic hydroxyl groups is 1. The van der Waals surface area contributed by atoms with Gasteiger partial charge < -0.3 is 20.5 Å². The van der Waals surface area contributed by atoms with Gasteiger partial charge in [0, 0.05) is 13.7 Å². The molecular formula is C9H18N2O3. The van der Waals surface area contributed by atoms with Crippen molar-refractivity contribution in [2.45, 2.75) is 25.0 Å². The number of methoxy groups -OCH3 is 1. The maximum atomic E-state index is 11.4. The van der Waals surface area contributed by atoms with E-state index < -0.39 is 6.10 Å². The van der Waals surface area contributed by atoms with Crippen molar-refractivity contribution in [1.29, 1.82) is 0 Å². The van der Waals surface area contributed by atoms with Crippen LogP contribution in [0.1, 0.15) is 12.8 Å². The van der Waals surface area contributed by atoms with E-state index >= 15 is 0 Å². The van der Waals surface area contributed by atoms with Crippen molar-refractivity contribution in [2.75, 3.05) is 26.8 Å². The van der Waals surface area contributed by atoms with Gasteiger partial charge in [0.1, 0.15) is 0 Å². The van der Waals surface area contributed by atoms with Crippen molar-refractivity contribution in [1.82, 2.24) is 10.6 Å². The van der Waals surface area contributed by atoms with Crippen LogP contribution in [0.5, 0.6) is 0 Å². The minimum atomic E-state index is -0.620. The lowest BCUT2D eigenvalue weighted by molar-refractivity contribution is -0.123. The van der Waals surface area contributed by atoms with Crippen LogP contribution in [0.15, 0.2) is 0 Å². The van der Waals surface area contributed by atoms with E-state index in [4.69, 9.17) is 4.74 Å². The van der Waals surface area contributed by atoms with Crippen molar-refractivity contribution < 1.29 is 14.6 Å². The predicted molar refractivity (Wildman–Crippen MR) is 51.9 cm³/mol. The molecule has 82 valence electrons. The highest BCUT2D eigenvalue weighted by Gasteiger charge is 2.21. The Labute approximate surface area is 83.8 Å². The Morgan fingerprint density at radius 2 is 2.57 bits per heavy atom. The molecule has 0 spiro atoms. The van der Waals surface area contributed by atoms with E-state index in [1.54, 1.807) is 0 Å². The fraction of sp³-hybridized carbons (Fsp3) is 0.889. The maximum Gasteiger partial charge on any atom is 0.237 e. The van der Waals surface area contributed by atoms with E-state index in [-0.39, 0.29) is 25.1 Å². The molecular weight excluding hydrogens is 184 g/mol. The van der Waals surface area contributed by atoms with Crippen LogP contribution in [-0.4, -0.2) is 50.0 Å². The van der Waals surface area contributed by atoms with Crippen molar-refractivity contribution >= 4 is 5.91 Å². The second kappa shape index (κ2) is 5.95. The quantitative estimate of drug-likeness (QED) is 0.527. The van der Waals surface area contributed by atoms with Gasteiger partial charge in [-0.25, -0.2) is 0 Å². The van der Waals surface area contributed by atoms with Crippen molar-refractivity contribution in [3.8, 4) is 0 Å². The van der Waals surface area contributed by atoms with Gasteiger partial charge in [-0.05, 0) is 19.4 Å². The maximum absolute atomic E-state index is 11.4. The van der Waals surface area contributed by atoms with Gasteiger partial charge in [0.15, 0.2) is 0 Å². The first-order valence-corrected chi connectivity index (χ1v) is 4.92. The van der Waals surface area contributed by atoms with Gasteiger partial charge in [-0.3, -0.25) is 4.79 Å². The molecule has 0 aliphatic carbocycles. The van der Waals surface area contributed by atoms with E-state index in [0.29, 0.717) is 0 Å². The molecule has 0 saturated carbocycles. The Morgan fingerprint density at radius 1 is 1.79 bits per heavy atom. The molecule has 2 atom stereocenters. The fourth-order valence-electron chi connectivity index (χ4n) is 1.50. The van der Waals surface area contributed by atoms with Crippen molar-refractivity contribution in [2.24, 2.45) is 0 Å². The molecule has 5 nitrogen and oxygen atoms in total. The zero-order valence-electron chi connectivity index (χ0n) is 8.45. The van der Waals surface area contributed by atoms with Crippen LogP contribution in [0.2, 0.25) is 0 Å². The average molecular weight is 202 g/mol. The van der Waals surface area contributed by atoms with Crippen LogP contribution < -0.4 is 10.6 Å². The van der Waals surface area contributed by atoms with Crippen LogP contribution >= 0.6 is 0 Å². The molecule has 0 aromatic rings. The van der Waals surface area contributed by atoms with Gasteiger partial charge in [-0.2, -0.15) is 0 Å². The van der Waals surface area contributed by atoms with Crippen molar-refractivity contribution in [3.63, 3.8) is 0 Å². The summed E-state index contributed by atoms with van der Waals surface area (Å²) < 4.78 is 4.74. The highest BCUT2D eigenvalue weighted by Crippen LogP contribution is 2.04. The molecule has 0 bridgehead atoms. The molecule has 1 amide bonds. The summed E-state index contributed by atoms with van der Waals surface area (Å²) in [5, 5.41) is 15.0. The SMILES string of the molecule is COCC(O)CNC(=O)[C@H]1CCCN1.